The second-order valence-electron chi connectivity index (χ2n) is 5.42. The van der Waals surface area contributed by atoms with Gasteiger partial charge < -0.3 is 10.2 Å². The number of piperidine rings is 1. The second kappa shape index (κ2) is 6.15. The summed E-state index contributed by atoms with van der Waals surface area (Å²) in [6.07, 6.45) is 3.66. The molecule has 2 heterocycles. The molecule has 2 rings (SSSR count). The van der Waals surface area contributed by atoms with Crippen LogP contribution in [0, 0.1) is 13.8 Å². The van der Waals surface area contributed by atoms with Crippen molar-refractivity contribution in [2.45, 2.75) is 39.2 Å². The fourth-order valence-corrected chi connectivity index (χ4v) is 2.61. The molecule has 1 atom stereocenters. The predicted octanol–water partition coefficient (Wildman–Crippen LogP) is 1.91. The van der Waals surface area contributed by atoms with Crippen LogP contribution in [0.3, 0.4) is 0 Å². The maximum atomic E-state index is 12.4. The highest BCUT2D eigenvalue weighted by atomic mass is 16.2. The van der Waals surface area contributed by atoms with Crippen molar-refractivity contribution in [2.75, 3.05) is 20.1 Å². The Kier molecular flexibility index (Phi) is 4.53. The van der Waals surface area contributed by atoms with E-state index in [1.54, 1.807) is 0 Å². The summed E-state index contributed by atoms with van der Waals surface area (Å²) in [4.78, 5) is 18.6. The van der Waals surface area contributed by atoms with E-state index in [2.05, 4.69) is 10.3 Å². The molecule has 0 aliphatic carbocycles. The van der Waals surface area contributed by atoms with Gasteiger partial charge in [0.05, 0.1) is 11.3 Å². The van der Waals surface area contributed by atoms with Crippen molar-refractivity contribution in [1.29, 1.82) is 0 Å². The Hall–Kier alpha value is -1.42. The molecule has 0 aromatic carbocycles. The molecule has 1 aromatic heterocycles. The summed E-state index contributed by atoms with van der Waals surface area (Å²) < 4.78 is 0. The summed E-state index contributed by atoms with van der Waals surface area (Å²) in [7, 11) is 1.87. The van der Waals surface area contributed by atoms with Crippen LogP contribution in [-0.4, -0.2) is 42.0 Å². The van der Waals surface area contributed by atoms with Gasteiger partial charge in [0, 0.05) is 25.3 Å². The number of carbonyl (C=O) groups excluding carboxylic acids is 1. The van der Waals surface area contributed by atoms with Crippen molar-refractivity contribution in [3.8, 4) is 0 Å². The number of carbonyl (C=O) groups is 1. The third-order valence-electron chi connectivity index (χ3n) is 3.71. The van der Waals surface area contributed by atoms with Crippen LogP contribution in [0.4, 0.5) is 0 Å². The first-order valence-electron chi connectivity index (χ1n) is 7.01. The zero-order chi connectivity index (χ0) is 13.8. The topological polar surface area (TPSA) is 45.2 Å². The maximum absolute atomic E-state index is 12.4. The minimum absolute atomic E-state index is 0.0670. The van der Waals surface area contributed by atoms with Crippen molar-refractivity contribution in [1.82, 2.24) is 15.2 Å². The molecule has 104 valence electrons. The molecule has 4 heteroatoms. The number of nitrogens with one attached hydrogen (secondary N) is 1. The number of amides is 1. The van der Waals surface area contributed by atoms with E-state index >= 15 is 0 Å². The molecule has 1 fully saturated rings. The van der Waals surface area contributed by atoms with Gasteiger partial charge >= 0.3 is 0 Å². The van der Waals surface area contributed by atoms with Crippen molar-refractivity contribution < 1.29 is 4.79 Å². The third kappa shape index (κ3) is 3.53. The first-order valence-corrected chi connectivity index (χ1v) is 7.01. The lowest BCUT2D eigenvalue weighted by Crippen LogP contribution is -2.44. The van der Waals surface area contributed by atoms with Crippen molar-refractivity contribution in [3.63, 3.8) is 0 Å². The molecule has 1 saturated heterocycles. The van der Waals surface area contributed by atoms with Crippen LogP contribution in [0.15, 0.2) is 12.1 Å². The molecule has 19 heavy (non-hydrogen) atoms. The van der Waals surface area contributed by atoms with Crippen LogP contribution in [-0.2, 0) is 0 Å². The average molecular weight is 261 g/mol. The highest BCUT2D eigenvalue weighted by Gasteiger charge is 2.20. The minimum atomic E-state index is 0.0670. The second-order valence-corrected chi connectivity index (χ2v) is 5.42. The first-order chi connectivity index (χ1) is 9.08. The van der Waals surface area contributed by atoms with E-state index in [0.29, 0.717) is 11.6 Å². The number of rotatable bonds is 3. The first kappa shape index (κ1) is 14.0. The lowest BCUT2D eigenvalue weighted by molar-refractivity contribution is 0.0774. The van der Waals surface area contributed by atoms with Gasteiger partial charge in [-0.15, -0.1) is 0 Å². The van der Waals surface area contributed by atoms with Gasteiger partial charge in [-0.05, 0) is 45.4 Å². The molecule has 1 amide bonds. The zero-order valence-corrected chi connectivity index (χ0v) is 12.1. The molecule has 0 saturated carbocycles. The average Bonchev–Trinajstić information content (AvgIpc) is 2.39. The molecule has 1 aliphatic rings. The molecule has 1 unspecified atom stereocenters. The van der Waals surface area contributed by atoms with E-state index in [-0.39, 0.29) is 5.91 Å². The largest absolute Gasteiger partial charge is 0.340 e. The summed E-state index contributed by atoms with van der Waals surface area (Å²) in [6.45, 7) is 5.67. The van der Waals surface area contributed by atoms with Crippen LogP contribution < -0.4 is 5.32 Å². The number of aromatic nitrogens is 1. The van der Waals surface area contributed by atoms with Crippen LogP contribution in [0.2, 0.25) is 0 Å². The van der Waals surface area contributed by atoms with Gasteiger partial charge in [-0.3, -0.25) is 9.78 Å². The number of likely N-dealkylation sites (N-methyl/N-ethyl adjacent to an activating group) is 1. The standard InChI is InChI=1S/C15H23N3O/c1-11-7-8-14(12(2)17-11)15(19)18(3)10-13-6-4-5-9-16-13/h7-8,13,16H,4-6,9-10H2,1-3H3. The minimum Gasteiger partial charge on any atom is -0.340 e. The van der Waals surface area contributed by atoms with Gasteiger partial charge in [-0.25, -0.2) is 0 Å². The molecule has 0 spiro atoms. The highest BCUT2D eigenvalue weighted by Crippen LogP contribution is 2.12. The third-order valence-corrected chi connectivity index (χ3v) is 3.71. The van der Waals surface area contributed by atoms with E-state index in [0.717, 1.165) is 30.9 Å². The van der Waals surface area contributed by atoms with Crippen LogP contribution >= 0.6 is 0 Å². The van der Waals surface area contributed by atoms with E-state index < -0.39 is 0 Å². The Morgan fingerprint density at radius 3 is 2.84 bits per heavy atom. The molecule has 0 bridgehead atoms. The summed E-state index contributed by atoms with van der Waals surface area (Å²) in [5, 5.41) is 3.47. The summed E-state index contributed by atoms with van der Waals surface area (Å²) in [6, 6.07) is 4.21. The van der Waals surface area contributed by atoms with Crippen LogP contribution in [0.1, 0.15) is 41.0 Å². The van der Waals surface area contributed by atoms with E-state index in [1.807, 2.05) is 37.9 Å². The fraction of sp³-hybridized carbons (Fsp3) is 0.600. The molecular weight excluding hydrogens is 238 g/mol. The normalized spacial score (nSPS) is 19.2. The van der Waals surface area contributed by atoms with E-state index in [9.17, 15) is 4.79 Å². The zero-order valence-electron chi connectivity index (χ0n) is 12.1. The lowest BCUT2D eigenvalue weighted by atomic mass is 10.0. The molecule has 1 N–H and O–H groups in total. The number of aryl methyl sites for hydroxylation is 2. The van der Waals surface area contributed by atoms with E-state index in [1.165, 1.54) is 12.8 Å². The lowest BCUT2D eigenvalue weighted by Gasteiger charge is -2.28. The Morgan fingerprint density at radius 2 is 2.21 bits per heavy atom. The highest BCUT2D eigenvalue weighted by molar-refractivity contribution is 5.95. The van der Waals surface area contributed by atoms with Crippen molar-refractivity contribution >= 4 is 5.91 Å². The monoisotopic (exact) mass is 261 g/mol. The Balaban J connectivity index is 2.01. The van der Waals surface area contributed by atoms with Crippen molar-refractivity contribution in [3.05, 3.63) is 29.1 Å². The Morgan fingerprint density at radius 1 is 1.42 bits per heavy atom. The maximum Gasteiger partial charge on any atom is 0.255 e. The predicted molar refractivity (Wildman–Crippen MR) is 76.3 cm³/mol. The number of pyridine rings is 1. The van der Waals surface area contributed by atoms with Gasteiger partial charge in [0.15, 0.2) is 0 Å². The summed E-state index contributed by atoms with van der Waals surface area (Å²) >= 11 is 0. The van der Waals surface area contributed by atoms with Crippen LogP contribution in [0.5, 0.6) is 0 Å². The van der Waals surface area contributed by atoms with Gasteiger partial charge in [0.2, 0.25) is 0 Å². The fourth-order valence-electron chi connectivity index (χ4n) is 2.61. The van der Waals surface area contributed by atoms with Gasteiger partial charge in [-0.1, -0.05) is 6.42 Å². The van der Waals surface area contributed by atoms with Gasteiger partial charge in [0.25, 0.3) is 5.91 Å². The molecular formula is C15H23N3O. The number of nitrogens with zero attached hydrogens (tertiary/aromatic N) is 2. The molecule has 1 aromatic rings. The number of hydrogen-bond donors (Lipinski definition) is 1. The van der Waals surface area contributed by atoms with Gasteiger partial charge in [0.1, 0.15) is 0 Å². The molecule has 1 aliphatic heterocycles. The quantitative estimate of drug-likeness (QED) is 0.904. The Labute approximate surface area is 115 Å². The van der Waals surface area contributed by atoms with Crippen molar-refractivity contribution in [2.24, 2.45) is 0 Å². The molecule has 4 nitrogen and oxygen atoms in total. The van der Waals surface area contributed by atoms with Crippen LogP contribution in [0.25, 0.3) is 0 Å². The molecule has 0 radical (unpaired) electrons. The summed E-state index contributed by atoms with van der Waals surface area (Å²) in [5.74, 6) is 0.0670. The SMILES string of the molecule is Cc1ccc(C(=O)N(C)CC2CCCCN2)c(C)n1. The Bertz CT molecular complexity index is 453. The van der Waals surface area contributed by atoms with E-state index in [4.69, 9.17) is 0 Å². The number of hydrogen-bond acceptors (Lipinski definition) is 3. The smallest absolute Gasteiger partial charge is 0.255 e. The van der Waals surface area contributed by atoms with Gasteiger partial charge in [-0.2, -0.15) is 0 Å². The summed E-state index contributed by atoms with van der Waals surface area (Å²) in [5.41, 5.74) is 2.48.